The summed E-state index contributed by atoms with van der Waals surface area (Å²) < 4.78 is 6.64. The molecule has 264 valence electrons. The van der Waals surface area contributed by atoms with Crippen molar-refractivity contribution in [1.29, 1.82) is 0 Å². The minimum atomic E-state index is -0.108. The Hall–Kier alpha value is -5.86. The third-order valence-electron chi connectivity index (χ3n) is 12.4. The second kappa shape index (κ2) is 11.3. The molecule has 0 aliphatic heterocycles. The van der Waals surface area contributed by atoms with E-state index in [9.17, 15) is 0 Å². The maximum Gasteiger partial charge on any atom is 0.137 e. The molecule has 0 fully saturated rings. The first-order chi connectivity index (χ1) is 25.9. The summed E-state index contributed by atoms with van der Waals surface area (Å²) in [5.74, 6) is 0. The van der Waals surface area contributed by atoms with Crippen LogP contribution in [0.4, 0.5) is 17.1 Å². The molecule has 2 aliphatic carbocycles. The lowest BCUT2D eigenvalue weighted by Crippen LogP contribution is -2.18. The normalized spacial score (nSPS) is 14.9. The van der Waals surface area contributed by atoms with Gasteiger partial charge in [-0.25, -0.2) is 0 Å². The zero-order valence-electron chi connectivity index (χ0n) is 32.2. The summed E-state index contributed by atoms with van der Waals surface area (Å²) in [7, 11) is 0. The second-order valence-electron chi connectivity index (χ2n) is 17.5. The first-order valence-corrected chi connectivity index (χ1v) is 19.3. The summed E-state index contributed by atoms with van der Waals surface area (Å²) in [5.41, 5.74) is 19.6. The van der Waals surface area contributed by atoms with Crippen LogP contribution in [0.3, 0.4) is 0 Å². The summed E-state index contributed by atoms with van der Waals surface area (Å²) in [4.78, 5) is 2.42. The molecule has 0 atom stereocenters. The lowest BCUT2D eigenvalue weighted by Gasteiger charge is -2.29. The molecule has 7 aromatic carbocycles. The van der Waals surface area contributed by atoms with E-state index in [0.717, 1.165) is 39.0 Å². The lowest BCUT2D eigenvalue weighted by molar-refractivity contribution is 0.590. The van der Waals surface area contributed by atoms with Crippen LogP contribution in [-0.4, -0.2) is 0 Å². The van der Waals surface area contributed by atoms with Crippen molar-refractivity contribution >= 4 is 39.0 Å². The number of anilines is 3. The quantitative estimate of drug-likeness (QED) is 0.182. The molecular formula is C52H45NO. The minimum absolute atomic E-state index is 0.108. The SMILES string of the molecule is CC(C)(C)c1ccc(-c2ccc3oc4cc(N(c5ccc6c(c5)C(C)(C)c5ccccc5-6)c5ccc6c(c5)C(C)(C)c5ccccc5-6)ccc4c3c2)cc1. The summed E-state index contributed by atoms with van der Waals surface area (Å²) >= 11 is 0. The molecule has 0 saturated carbocycles. The van der Waals surface area contributed by atoms with Crippen LogP contribution in [0.5, 0.6) is 0 Å². The van der Waals surface area contributed by atoms with Gasteiger partial charge >= 0.3 is 0 Å². The highest BCUT2D eigenvalue weighted by Crippen LogP contribution is 2.53. The average Bonchev–Trinajstić information content (AvgIpc) is 3.73. The molecule has 10 rings (SSSR count). The zero-order chi connectivity index (χ0) is 37.1. The predicted molar refractivity (Wildman–Crippen MR) is 228 cm³/mol. The molecule has 2 nitrogen and oxygen atoms in total. The van der Waals surface area contributed by atoms with Gasteiger partial charge in [-0.2, -0.15) is 0 Å². The smallest absolute Gasteiger partial charge is 0.137 e. The molecule has 0 radical (unpaired) electrons. The second-order valence-corrected chi connectivity index (χ2v) is 17.5. The maximum atomic E-state index is 6.64. The van der Waals surface area contributed by atoms with Gasteiger partial charge in [0.1, 0.15) is 11.2 Å². The summed E-state index contributed by atoms with van der Waals surface area (Å²) in [6.45, 7) is 16.2. The Labute approximate surface area is 318 Å². The number of hydrogen-bond donors (Lipinski definition) is 0. The van der Waals surface area contributed by atoms with Gasteiger partial charge in [0, 0.05) is 44.7 Å². The summed E-state index contributed by atoms with van der Waals surface area (Å²) in [6.07, 6.45) is 0. The van der Waals surface area contributed by atoms with E-state index in [1.807, 2.05) is 0 Å². The van der Waals surface area contributed by atoms with E-state index in [1.165, 1.54) is 61.2 Å². The third kappa shape index (κ3) is 4.79. The van der Waals surface area contributed by atoms with Crippen molar-refractivity contribution < 1.29 is 4.42 Å². The van der Waals surface area contributed by atoms with E-state index < -0.39 is 0 Å². The van der Waals surface area contributed by atoms with Crippen LogP contribution >= 0.6 is 0 Å². The van der Waals surface area contributed by atoms with Gasteiger partial charge < -0.3 is 9.32 Å². The highest BCUT2D eigenvalue weighted by Gasteiger charge is 2.37. The number of furan rings is 1. The Bertz CT molecular complexity index is 2700. The Morgan fingerprint density at radius 3 is 1.50 bits per heavy atom. The number of nitrogens with zero attached hydrogens (tertiary/aromatic N) is 1. The van der Waals surface area contributed by atoms with Crippen LogP contribution in [0.1, 0.15) is 76.3 Å². The van der Waals surface area contributed by atoms with Gasteiger partial charge in [0.15, 0.2) is 0 Å². The van der Waals surface area contributed by atoms with Crippen molar-refractivity contribution in [1.82, 2.24) is 0 Å². The van der Waals surface area contributed by atoms with Crippen molar-refractivity contribution in [3.05, 3.63) is 173 Å². The van der Waals surface area contributed by atoms with Gasteiger partial charge in [0.25, 0.3) is 0 Å². The molecule has 0 unspecified atom stereocenters. The average molecular weight is 700 g/mol. The number of benzene rings is 7. The van der Waals surface area contributed by atoms with Crippen LogP contribution in [0, 0.1) is 0 Å². The van der Waals surface area contributed by atoms with Gasteiger partial charge in [-0.15, -0.1) is 0 Å². The molecule has 0 N–H and O–H groups in total. The van der Waals surface area contributed by atoms with Crippen LogP contribution in [0.25, 0.3) is 55.3 Å². The molecule has 54 heavy (non-hydrogen) atoms. The lowest BCUT2D eigenvalue weighted by atomic mass is 9.82. The monoisotopic (exact) mass is 699 g/mol. The Morgan fingerprint density at radius 2 is 0.926 bits per heavy atom. The van der Waals surface area contributed by atoms with E-state index in [0.29, 0.717) is 0 Å². The molecule has 0 bridgehead atoms. The number of fused-ring (bicyclic) bond motifs is 9. The standard InChI is InChI=1S/C52H45NO/c1-50(2,3)34-19-16-32(17-20-34)33-18-27-48-43(28-33)42-26-23-37(31-49(42)54-48)53(35-21-24-40-38-12-8-10-14-44(38)51(4,5)46(40)29-35)36-22-25-41-39-13-9-11-15-45(39)52(6,7)47(41)30-36/h8-31H,1-7H3. The van der Waals surface area contributed by atoms with Crippen molar-refractivity contribution in [3.63, 3.8) is 0 Å². The molecule has 0 amide bonds. The number of rotatable bonds is 4. The van der Waals surface area contributed by atoms with Crippen LogP contribution in [-0.2, 0) is 16.2 Å². The van der Waals surface area contributed by atoms with Crippen molar-refractivity contribution in [3.8, 4) is 33.4 Å². The fraction of sp³-hybridized carbons (Fsp3) is 0.192. The molecular weight excluding hydrogens is 655 g/mol. The molecule has 2 aliphatic rings. The van der Waals surface area contributed by atoms with Crippen LogP contribution < -0.4 is 4.90 Å². The van der Waals surface area contributed by atoms with Gasteiger partial charge in [0.2, 0.25) is 0 Å². The van der Waals surface area contributed by atoms with E-state index in [2.05, 4.69) is 199 Å². The topological polar surface area (TPSA) is 16.4 Å². The molecule has 1 aromatic heterocycles. The highest BCUT2D eigenvalue weighted by molar-refractivity contribution is 6.07. The fourth-order valence-corrected chi connectivity index (χ4v) is 9.36. The summed E-state index contributed by atoms with van der Waals surface area (Å²) in [5, 5.41) is 2.26. The molecule has 2 heteroatoms. The first kappa shape index (κ1) is 32.8. The van der Waals surface area contributed by atoms with Gasteiger partial charge in [-0.1, -0.05) is 139 Å². The molecule has 8 aromatic rings. The van der Waals surface area contributed by atoms with Gasteiger partial charge in [-0.05, 0) is 115 Å². The van der Waals surface area contributed by atoms with E-state index >= 15 is 0 Å². The predicted octanol–water partition coefficient (Wildman–Crippen LogP) is 14.6. The van der Waals surface area contributed by atoms with Crippen molar-refractivity contribution in [2.45, 2.75) is 64.7 Å². The largest absolute Gasteiger partial charge is 0.456 e. The van der Waals surface area contributed by atoms with E-state index in [1.54, 1.807) is 0 Å². The minimum Gasteiger partial charge on any atom is -0.456 e. The van der Waals surface area contributed by atoms with E-state index in [4.69, 9.17) is 4.42 Å². The van der Waals surface area contributed by atoms with Crippen molar-refractivity contribution in [2.75, 3.05) is 4.90 Å². The maximum absolute atomic E-state index is 6.64. The number of hydrogen-bond acceptors (Lipinski definition) is 2. The Kier molecular flexibility index (Phi) is 6.87. The van der Waals surface area contributed by atoms with Gasteiger partial charge in [0.05, 0.1) is 0 Å². The van der Waals surface area contributed by atoms with Crippen LogP contribution in [0.15, 0.2) is 150 Å². The molecule has 0 spiro atoms. The first-order valence-electron chi connectivity index (χ1n) is 19.3. The zero-order valence-corrected chi connectivity index (χ0v) is 32.2. The highest BCUT2D eigenvalue weighted by atomic mass is 16.3. The van der Waals surface area contributed by atoms with Gasteiger partial charge in [-0.3, -0.25) is 0 Å². The van der Waals surface area contributed by atoms with E-state index in [-0.39, 0.29) is 16.2 Å². The molecule has 0 saturated heterocycles. The Morgan fingerprint density at radius 1 is 0.426 bits per heavy atom. The fourth-order valence-electron chi connectivity index (χ4n) is 9.36. The molecule has 1 heterocycles. The third-order valence-corrected chi connectivity index (χ3v) is 12.4. The van der Waals surface area contributed by atoms with Crippen molar-refractivity contribution in [2.24, 2.45) is 0 Å². The Balaban J connectivity index is 1.12. The summed E-state index contributed by atoms with van der Waals surface area (Å²) in [6, 6.07) is 54.2. The van der Waals surface area contributed by atoms with Crippen LogP contribution in [0.2, 0.25) is 0 Å².